The maximum Gasteiger partial charge on any atom is 0.246 e. The van der Waals surface area contributed by atoms with Gasteiger partial charge in [0.2, 0.25) is 5.91 Å². The lowest BCUT2D eigenvalue weighted by atomic mass is 10.1. The van der Waals surface area contributed by atoms with E-state index in [0.29, 0.717) is 28.6 Å². The van der Waals surface area contributed by atoms with Crippen molar-refractivity contribution < 1.29 is 13.2 Å². The average molecular weight is 376 g/mol. The van der Waals surface area contributed by atoms with E-state index in [2.05, 4.69) is 0 Å². The molecule has 1 unspecified atom stereocenters. The van der Waals surface area contributed by atoms with E-state index >= 15 is 0 Å². The predicted molar refractivity (Wildman–Crippen MR) is 94.6 cm³/mol. The van der Waals surface area contributed by atoms with Crippen LogP contribution in [0.3, 0.4) is 0 Å². The summed E-state index contributed by atoms with van der Waals surface area (Å²) < 4.78 is 23.3. The molecule has 1 fully saturated rings. The highest BCUT2D eigenvalue weighted by Gasteiger charge is 2.33. The van der Waals surface area contributed by atoms with Gasteiger partial charge in [-0.05, 0) is 42.7 Å². The highest BCUT2D eigenvalue weighted by Crippen LogP contribution is 2.23. The van der Waals surface area contributed by atoms with Crippen molar-refractivity contribution in [2.45, 2.75) is 25.8 Å². The predicted octanol–water partition coefficient (Wildman–Crippen LogP) is 3.43. The van der Waals surface area contributed by atoms with Gasteiger partial charge in [-0.3, -0.25) is 4.79 Å². The van der Waals surface area contributed by atoms with Crippen molar-refractivity contribution >= 4 is 45.0 Å². The first-order valence-corrected chi connectivity index (χ1v) is 10.0. The van der Waals surface area contributed by atoms with Crippen LogP contribution < -0.4 is 0 Å². The SMILES string of the molecule is CCCN(C(=O)/C=C/c1cc(Cl)ccc1Cl)C1CCS(=O)(=O)C1. The second kappa shape index (κ2) is 7.69. The molecule has 0 aromatic heterocycles. The van der Waals surface area contributed by atoms with Crippen LogP contribution in [0.1, 0.15) is 25.3 Å². The number of benzene rings is 1. The van der Waals surface area contributed by atoms with E-state index in [1.807, 2.05) is 6.92 Å². The van der Waals surface area contributed by atoms with Crippen LogP contribution in [0, 0.1) is 0 Å². The number of carbonyl (C=O) groups is 1. The highest BCUT2D eigenvalue weighted by molar-refractivity contribution is 7.91. The Labute approximate surface area is 147 Å². The van der Waals surface area contributed by atoms with Crippen LogP contribution >= 0.6 is 23.2 Å². The van der Waals surface area contributed by atoms with Crippen molar-refractivity contribution in [3.63, 3.8) is 0 Å². The van der Waals surface area contributed by atoms with Gasteiger partial charge in [-0.1, -0.05) is 30.1 Å². The lowest BCUT2D eigenvalue weighted by Crippen LogP contribution is -2.40. The summed E-state index contributed by atoms with van der Waals surface area (Å²) in [4.78, 5) is 14.1. The number of rotatable bonds is 5. The lowest BCUT2D eigenvalue weighted by molar-refractivity contribution is -0.127. The Bertz CT molecular complexity index is 716. The van der Waals surface area contributed by atoms with E-state index in [1.165, 1.54) is 6.08 Å². The number of amides is 1. The van der Waals surface area contributed by atoms with Gasteiger partial charge in [-0.15, -0.1) is 0 Å². The Kier molecular flexibility index (Phi) is 6.12. The third-order valence-electron chi connectivity index (χ3n) is 3.76. The first-order valence-electron chi connectivity index (χ1n) is 7.46. The molecule has 0 radical (unpaired) electrons. The fourth-order valence-corrected chi connectivity index (χ4v) is 4.73. The quantitative estimate of drug-likeness (QED) is 0.740. The van der Waals surface area contributed by atoms with Crippen LogP contribution in [0.4, 0.5) is 0 Å². The minimum atomic E-state index is -3.03. The molecule has 126 valence electrons. The van der Waals surface area contributed by atoms with Crippen LogP contribution in [-0.4, -0.2) is 43.3 Å². The third-order valence-corrected chi connectivity index (χ3v) is 6.09. The van der Waals surface area contributed by atoms with Crippen molar-refractivity contribution in [2.75, 3.05) is 18.1 Å². The van der Waals surface area contributed by atoms with Crippen LogP contribution in [-0.2, 0) is 14.6 Å². The minimum absolute atomic E-state index is 0.0461. The molecule has 1 aromatic rings. The maximum atomic E-state index is 12.5. The maximum absolute atomic E-state index is 12.5. The molecule has 0 saturated carbocycles. The normalized spacial score (nSPS) is 20.0. The van der Waals surface area contributed by atoms with Gasteiger partial charge >= 0.3 is 0 Å². The van der Waals surface area contributed by atoms with E-state index < -0.39 is 9.84 Å². The molecular formula is C16H19Cl2NO3S. The zero-order valence-electron chi connectivity index (χ0n) is 12.8. The number of hydrogen-bond acceptors (Lipinski definition) is 3. The number of halogens is 2. The van der Waals surface area contributed by atoms with Gasteiger partial charge in [-0.2, -0.15) is 0 Å². The standard InChI is InChI=1S/C16H19Cl2NO3S/c1-2-8-19(14-7-9-23(21,22)11-14)16(20)6-3-12-10-13(17)4-5-15(12)18/h3-6,10,14H,2,7-9,11H2,1H3/b6-3+. The Morgan fingerprint density at radius 2 is 2.13 bits per heavy atom. The smallest absolute Gasteiger partial charge is 0.246 e. The first kappa shape index (κ1) is 18.3. The molecule has 1 heterocycles. The van der Waals surface area contributed by atoms with Gasteiger partial charge in [0.1, 0.15) is 0 Å². The molecule has 2 rings (SSSR count). The average Bonchev–Trinajstić information content (AvgIpc) is 2.85. The molecule has 1 aromatic carbocycles. The Morgan fingerprint density at radius 1 is 1.39 bits per heavy atom. The summed E-state index contributed by atoms with van der Waals surface area (Å²) in [5.41, 5.74) is 0.656. The van der Waals surface area contributed by atoms with E-state index in [9.17, 15) is 13.2 Å². The summed E-state index contributed by atoms with van der Waals surface area (Å²) in [5.74, 6) is -0.00976. The molecule has 4 nitrogen and oxygen atoms in total. The van der Waals surface area contributed by atoms with Crippen molar-refractivity contribution in [3.8, 4) is 0 Å². The monoisotopic (exact) mass is 375 g/mol. The van der Waals surface area contributed by atoms with E-state index in [1.54, 1.807) is 29.2 Å². The summed E-state index contributed by atoms with van der Waals surface area (Å²) >= 11 is 12.0. The van der Waals surface area contributed by atoms with Gasteiger partial charge in [-0.25, -0.2) is 8.42 Å². The Morgan fingerprint density at radius 3 is 2.74 bits per heavy atom. The minimum Gasteiger partial charge on any atom is -0.335 e. The van der Waals surface area contributed by atoms with Gasteiger partial charge in [0, 0.05) is 28.7 Å². The number of carbonyl (C=O) groups excluding carboxylic acids is 1. The summed E-state index contributed by atoms with van der Waals surface area (Å²) in [7, 11) is -3.03. The summed E-state index contributed by atoms with van der Waals surface area (Å²) in [5, 5.41) is 1.04. The van der Waals surface area contributed by atoms with Crippen LogP contribution in [0.25, 0.3) is 6.08 Å². The third kappa shape index (κ3) is 4.96. The van der Waals surface area contributed by atoms with Crippen LogP contribution in [0.5, 0.6) is 0 Å². The van der Waals surface area contributed by atoms with E-state index in [-0.39, 0.29) is 23.5 Å². The highest BCUT2D eigenvalue weighted by atomic mass is 35.5. The molecule has 1 saturated heterocycles. The zero-order valence-corrected chi connectivity index (χ0v) is 15.2. The van der Waals surface area contributed by atoms with Crippen molar-refractivity contribution in [2.24, 2.45) is 0 Å². The summed E-state index contributed by atoms with van der Waals surface area (Å²) in [6.07, 6.45) is 4.31. The first-order chi connectivity index (χ1) is 10.8. The molecular weight excluding hydrogens is 357 g/mol. The molecule has 1 amide bonds. The van der Waals surface area contributed by atoms with Gasteiger partial charge in [0.15, 0.2) is 9.84 Å². The molecule has 1 atom stereocenters. The number of nitrogens with zero attached hydrogens (tertiary/aromatic N) is 1. The topological polar surface area (TPSA) is 54.5 Å². The van der Waals surface area contributed by atoms with Crippen LogP contribution in [0.2, 0.25) is 10.0 Å². The van der Waals surface area contributed by atoms with Crippen molar-refractivity contribution in [1.82, 2.24) is 4.90 Å². The number of sulfone groups is 1. The number of hydrogen-bond donors (Lipinski definition) is 0. The molecule has 0 spiro atoms. The van der Waals surface area contributed by atoms with Gasteiger partial charge in [0.25, 0.3) is 0 Å². The second-order valence-electron chi connectivity index (χ2n) is 5.59. The zero-order chi connectivity index (χ0) is 17.0. The molecule has 7 heteroatoms. The largest absolute Gasteiger partial charge is 0.335 e. The summed E-state index contributed by atoms with van der Waals surface area (Å²) in [6.45, 7) is 2.49. The molecule has 1 aliphatic heterocycles. The summed E-state index contributed by atoms with van der Waals surface area (Å²) in [6, 6.07) is 4.78. The van der Waals surface area contributed by atoms with Crippen molar-refractivity contribution in [3.05, 3.63) is 39.9 Å². The van der Waals surface area contributed by atoms with E-state index in [4.69, 9.17) is 23.2 Å². The lowest BCUT2D eigenvalue weighted by Gasteiger charge is -2.26. The second-order valence-corrected chi connectivity index (χ2v) is 8.66. The Hall–Kier alpha value is -1.04. The molecule has 0 N–H and O–H groups in total. The fourth-order valence-electron chi connectivity index (χ4n) is 2.63. The van der Waals surface area contributed by atoms with Crippen molar-refractivity contribution in [1.29, 1.82) is 0 Å². The van der Waals surface area contributed by atoms with Crippen LogP contribution in [0.15, 0.2) is 24.3 Å². The van der Waals surface area contributed by atoms with Gasteiger partial charge < -0.3 is 4.90 Å². The van der Waals surface area contributed by atoms with E-state index in [0.717, 1.165) is 6.42 Å². The molecule has 1 aliphatic rings. The van der Waals surface area contributed by atoms with Gasteiger partial charge in [0.05, 0.1) is 11.5 Å². The molecule has 23 heavy (non-hydrogen) atoms. The fraction of sp³-hybridized carbons (Fsp3) is 0.438. The Balaban J connectivity index is 2.15. The molecule has 0 bridgehead atoms. The molecule has 0 aliphatic carbocycles.